The third-order valence-electron chi connectivity index (χ3n) is 4.27. The van der Waals surface area contributed by atoms with Crippen LogP contribution in [-0.2, 0) is 16.6 Å². The van der Waals surface area contributed by atoms with Crippen molar-refractivity contribution < 1.29 is 8.42 Å². The molecule has 0 radical (unpaired) electrons. The van der Waals surface area contributed by atoms with Gasteiger partial charge in [-0.15, -0.1) is 0 Å². The Bertz CT molecular complexity index is 831. The average Bonchev–Trinajstić information content (AvgIpc) is 3.15. The maximum Gasteiger partial charge on any atom is 0.211 e. The van der Waals surface area contributed by atoms with Gasteiger partial charge in [-0.2, -0.15) is 5.10 Å². The number of nitrogens with zero attached hydrogens (tertiary/aromatic N) is 5. The Morgan fingerprint density at radius 1 is 1.33 bits per heavy atom. The van der Waals surface area contributed by atoms with E-state index >= 15 is 0 Å². The molecule has 0 N–H and O–H groups in total. The summed E-state index contributed by atoms with van der Waals surface area (Å²) in [7, 11) is -3.16. The molecule has 0 amide bonds. The monoisotopic (exact) mass is 349 g/mol. The van der Waals surface area contributed by atoms with Crippen LogP contribution in [0.2, 0.25) is 0 Å². The number of hydrogen-bond acceptors (Lipinski definition) is 5. The van der Waals surface area contributed by atoms with E-state index in [1.165, 1.54) is 10.6 Å². The van der Waals surface area contributed by atoms with Crippen molar-refractivity contribution >= 4 is 10.0 Å². The number of hydrogen-bond donors (Lipinski definition) is 0. The van der Waals surface area contributed by atoms with Crippen LogP contribution in [-0.4, -0.2) is 51.8 Å². The molecule has 2 aromatic heterocycles. The second kappa shape index (κ2) is 6.60. The van der Waals surface area contributed by atoms with Crippen molar-refractivity contribution in [3.63, 3.8) is 0 Å². The Labute approximate surface area is 142 Å². The van der Waals surface area contributed by atoms with E-state index in [4.69, 9.17) is 4.98 Å². The standard InChI is InChI=1S/C16H23N5O2S/c1-4-8-21-15(5-7-17-21)14-10-12(2)18-16(19-14)13-6-9-20(11-13)24(3,22)23/h5,7,10,13H,4,6,8-9,11H2,1-3H3/t13-/m0/s1. The predicted molar refractivity (Wildman–Crippen MR) is 92.1 cm³/mol. The minimum absolute atomic E-state index is 0.0425. The van der Waals surface area contributed by atoms with Crippen molar-refractivity contribution in [3.8, 4) is 11.4 Å². The van der Waals surface area contributed by atoms with Crippen LogP contribution in [0.5, 0.6) is 0 Å². The molecule has 1 aliphatic heterocycles. The summed E-state index contributed by atoms with van der Waals surface area (Å²) in [6, 6.07) is 3.91. The zero-order valence-corrected chi connectivity index (χ0v) is 15.1. The van der Waals surface area contributed by atoms with Gasteiger partial charge >= 0.3 is 0 Å². The first-order valence-corrected chi connectivity index (χ1v) is 10.1. The summed E-state index contributed by atoms with van der Waals surface area (Å²) in [5.74, 6) is 0.765. The molecular formula is C16H23N5O2S. The van der Waals surface area contributed by atoms with Crippen molar-refractivity contribution in [1.29, 1.82) is 0 Å². The second-order valence-electron chi connectivity index (χ2n) is 6.30. The van der Waals surface area contributed by atoms with E-state index in [2.05, 4.69) is 17.0 Å². The lowest BCUT2D eigenvalue weighted by Gasteiger charge is -2.14. The second-order valence-corrected chi connectivity index (χ2v) is 8.28. The topological polar surface area (TPSA) is 81.0 Å². The summed E-state index contributed by atoms with van der Waals surface area (Å²) in [4.78, 5) is 9.28. The van der Waals surface area contributed by atoms with Gasteiger partial charge in [-0.25, -0.2) is 22.7 Å². The number of sulfonamides is 1. The molecule has 1 atom stereocenters. The summed E-state index contributed by atoms with van der Waals surface area (Å²) < 4.78 is 26.9. The Balaban J connectivity index is 1.91. The summed E-state index contributed by atoms with van der Waals surface area (Å²) in [5.41, 5.74) is 2.71. The fourth-order valence-corrected chi connectivity index (χ4v) is 3.97. The van der Waals surface area contributed by atoms with Gasteiger partial charge in [0.25, 0.3) is 0 Å². The highest BCUT2D eigenvalue weighted by atomic mass is 32.2. The van der Waals surface area contributed by atoms with Crippen LogP contribution in [0, 0.1) is 6.92 Å². The van der Waals surface area contributed by atoms with E-state index in [0.717, 1.165) is 42.3 Å². The van der Waals surface area contributed by atoms with E-state index in [0.29, 0.717) is 13.1 Å². The van der Waals surface area contributed by atoms with Crippen LogP contribution in [0.15, 0.2) is 18.3 Å². The molecule has 1 fully saturated rings. The largest absolute Gasteiger partial charge is 0.263 e. The third kappa shape index (κ3) is 3.49. The lowest BCUT2D eigenvalue weighted by atomic mass is 10.1. The van der Waals surface area contributed by atoms with Crippen LogP contribution >= 0.6 is 0 Å². The number of aromatic nitrogens is 4. The molecule has 1 aliphatic rings. The fourth-order valence-electron chi connectivity index (χ4n) is 3.09. The molecule has 1 saturated heterocycles. The Kier molecular flexibility index (Phi) is 4.69. The molecular weight excluding hydrogens is 326 g/mol. The SMILES string of the molecule is CCCn1nccc1-c1cc(C)nc([C@H]2CCN(S(C)(=O)=O)C2)n1. The molecule has 3 heterocycles. The van der Waals surface area contributed by atoms with E-state index in [9.17, 15) is 8.42 Å². The maximum absolute atomic E-state index is 11.7. The molecule has 0 saturated carbocycles. The third-order valence-corrected chi connectivity index (χ3v) is 5.54. The van der Waals surface area contributed by atoms with Gasteiger partial charge in [0.15, 0.2) is 0 Å². The van der Waals surface area contributed by atoms with E-state index < -0.39 is 10.0 Å². The molecule has 8 heteroatoms. The molecule has 0 bridgehead atoms. The molecule has 2 aromatic rings. The van der Waals surface area contributed by atoms with Gasteiger partial charge in [-0.05, 0) is 31.9 Å². The first kappa shape index (κ1) is 17.0. The average molecular weight is 349 g/mol. The normalized spacial score (nSPS) is 19.0. The number of aryl methyl sites for hydroxylation is 2. The summed E-state index contributed by atoms with van der Waals surface area (Å²) in [6.45, 7) is 5.88. The molecule has 0 aromatic carbocycles. The van der Waals surface area contributed by atoms with Crippen LogP contribution in [0.25, 0.3) is 11.4 Å². The summed E-state index contributed by atoms with van der Waals surface area (Å²) >= 11 is 0. The smallest absolute Gasteiger partial charge is 0.211 e. The van der Waals surface area contributed by atoms with Gasteiger partial charge in [0, 0.05) is 37.4 Å². The first-order chi connectivity index (χ1) is 11.4. The van der Waals surface area contributed by atoms with E-state index in [1.54, 1.807) is 6.20 Å². The molecule has 7 nitrogen and oxygen atoms in total. The zero-order chi connectivity index (χ0) is 17.3. The van der Waals surface area contributed by atoms with Gasteiger partial charge in [0.1, 0.15) is 5.82 Å². The Morgan fingerprint density at radius 2 is 2.12 bits per heavy atom. The molecule has 0 unspecified atom stereocenters. The molecule has 0 spiro atoms. The van der Waals surface area contributed by atoms with E-state index in [1.807, 2.05) is 23.7 Å². The minimum Gasteiger partial charge on any atom is -0.263 e. The lowest BCUT2D eigenvalue weighted by Crippen LogP contribution is -2.27. The highest BCUT2D eigenvalue weighted by Gasteiger charge is 2.31. The summed E-state index contributed by atoms with van der Waals surface area (Å²) in [6.07, 6.45) is 4.78. The van der Waals surface area contributed by atoms with Crippen molar-refractivity contribution in [2.24, 2.45) is 0 Å². The van der Waals surface area contributed by atoms with Crippen molar-refractivity contribution in [1.82, 2.24) is 24.1 Å². The van der Waals surface area contributed by atoms with Crippen LogP contribution in [0.1, 0.15) is 37.2 Å². The van der Waals surface area contributed by atoms with E-state index in [-0.39, 0.29) is 5.92 Å². The van der Waals surface area contributed by atoms with Crippen molar-refractivity contribution in [3.05, 3.63) is 29.8 Å². The van der Waals surface area contributed by atoms with Gasteiger partial charge in [-0.1, -0.05) is 6.92 Å². The first-order valence-electron chi connectivity index (χ1n) is 8.21. The molecule has 3 rings (SSSR count). The van der Waals surface area contributed by atoms with Gasteiger partial charge in [0.2, 0.25) is 10.0 Å². The molecule has 130 valence electrons. The zero-order valence-electron chi connectivity index (χ0n) is 14.3. The van der Waals surface area contributed by atoms with Gasteiger partial charge in [-0.3, -0.25) is 4.68 Å². The lowest BCUT2D eigenvalue weighted by molar-refractivity contribution is 0.476. The summed E-state index contributed by atoms with van der Waals surface area (Å²) in [5, 5.41) is 4.35. The molecule has 0 aliphatic carbocycles. The quantitative estimate of drug-likeness (QED) is 0.822. The van der Waals surface area contributed by atoms with Gasteiger partial charge in [0.05, 0.1) is 17.6 Å². The van der Waals surface area contributed by atoms with Crippen LogP contribution in [0.3, 0.4) is 0 Å². The fraction of sp³-hybridized carbons (Fsp3) is 0.562. The van der Waals surface area contributed by atoms with Gasteiger partial charge < -0.3 is 0 Å². The highest BCUT2D eigenvalue weighted by molar-refractivity contribution is 7.88. The van der Waals surface area contributed by atoms with Crippen LogP contribution in [0.4, 0.5) is 0 Å². The Morgan fingerprint density at radius 3 is 2.79 bits per heavy atom. The molecule has 24 heavy (non-hydrogen) atoms. The Hall–Kier alpha value is -1.80. The van der Waals surface area contributed by atoms with Crippen molar-refractivity contribution in [2.45, 2.75) is 39.2 Å². The highest BCUT2D eigenvalue weighted by Crippen LogP contribution is 2.28. The minimum atomic E-state index is -3.16. The predicted octanol–water partition coefficient (Wildman–Crippen LogP) is 1.81. The van der Waals surface area contributed by atoms with Crippen molar-refractivity contribution in [2.75, 3.05) is 19.3 Å². The maximum atomic E-state index is 11.7. The number of rotatable bonds is 5. The van der Waals surface area contributed by atoms with Crippen LogP contribution < -0.4 is 0 Å².